The summed E-state index contributed by atoms with van der Waals surface area (Å²) in [6.07, 6.45) is 0. The minimum Gasteiger partial charge on any atom is -0.494 e. The van der Waals surface area contributed by atoms with Gasteiger partial charge in [-0.2, -0.15) is 0 Å². The summed E-state index contributed by atoms with van der Waals surface area (Å²) in [6.45, 7) is 2.44. The number of ether oxygens (including phenoxy) is 1. The van der Waals surface area contributed by atoms with Crippen LogP contribution in [-0.4, -0.2) is 18.4 Å². The lowest BCUT2D eigenvalue weighted by Gasteiger charge is -2.07. The first-order valence-corrected chi connectivity index (χ1v) is 5.44. The van der Waals surface area contributed by atoms with E-state index in [0.717, 1.165) is 0 Å². The number of rotatable bonds is 5. The fraction of sp³-hybridized carbons (Fsp3) is 0.364. The number of amides is 1. The number of alkyl halides is 1. The quantitative estimate of drug-likeness (QED) is 0.807. The first kappa shape index (κ1) is 12.8. The molecular weight excluding hydrogens is 233 g/mol. The summed E-state index contributed by atoms with van der Waals surface area (Å²) >= 11 is 5.30. The molecule has 0 bridgehead atoms. The van der Waals surface area contributed by atoms with E-state index < -0.39 is 5.82 Å². The van der Waals surface area contributed by atoms with Gasteiger partial charge in [0.15, 0.2) is 0 Å². The first-order valence-electron chi connectivity index (χ1n) is 4.91. The van der Waals surface area contributed by atoms with Crippen LogP contribution in [0, 0.1) is 5.82 Å². The molecule has 0 aliphatic carbocycles. The zero-order chi connectivity index (χ0) is 12.0. The average molecular weight is 246 g/mol. The standard InChI is InChI=1S/C11H13ClFNO2/c1-2-16-9-4-3-8(10(13)5-9)7-14-11(15)6-12/h3-5H,2,6-7H2,1H3,(H,14,15). The highest BCUT2D eigenvalue weighted by molar-refractivity contribution is 6.27. The fourth-order valence-electron chi connectivity index (χ4n) is 1.17. The number of carbonyl (C=O) groups excluding carboxylic acids is 1. The van der Waals surface area contributed by atoms with Gasteiger partial charge in [-0.25, -0.2) is 4.39 Å². The molecule has 1 aromatic rings. The van der Waals surface area contributed by atoms with Crippen molar-refractivity contribution in [3.8, 4) is 5.75 Å². The minimum absolute atomic E-state index is 0.126. The molecule has 3 nitrogen and oxygen atoms in total. The van der Waals surface area contributed by atoms with E-state index in [4.69, 9.17) is 16.3 Å². The number of hydrogen-bond acceptors (Lipinski definition) is 2. The fourth-order valence-corrected chi connectivity index (χ4v) is 1.26. The van der Waals surface area contributed by atoms with Crippen molar-refractivity contribution in [3.63, 3.8) is 0 Å². The second-order valence-electron chi connectivity index (χ2n) is 3.10. The van der Waals surface area contributed by atoms with Crippen molar-refractivity contribution >= 4 is 17.5 Å². The molecular formula is C11H13ClFNO2. The van der Waals surface area contributed by atoms with Gasteiger partial charge in [0.1, 0.15) is 17.4 Å². The van der Waals surface area contributed by atoms with Crippen molar-refractivity contribution < 1.29 is 13.9 Å². The molecule has 0 aliphatic heterocycles. The lowest BCUT2D eigenvalue weighted by Crippen LogP contribution is -2.24. The molecule has 0 aromatic heterocycles. The molecule has 1 aromatic carbocycles. The van der Waals surface area contributed by atoms with E-state index in [1.807, 2.05) is 6.92 Å². The van der Waals surface area contributed by atoms with Crippen LogP contribution in [0.3, 0.4) is 0 Å². The van der Waals surface area contributed by atoms with E-state index in [1.54, 1.807) is 12.1 Å². The summed E-state index contributed by atoms with van der Waals surface area (Å²) in [5, 5.41) is 2.49. The molecule has 0 spiro atoms. The predicted molar refractivity (Wildman–Crippen MR) is 60.1 cm³/mol. The lowest BCUT2D eigenvalue weighted by molar-refractivity contribution is -0.118. The van der Waals surface area contributed by atoms with Crippen LogP contribution in [0.5, 0.6) is 5.75 Å². The van der Waals surface area contributed by atoms with Gasteiger partial charge in [-0.15, -0.1) is 11.6 Å². The topological polar surface area (TPSA) is 38.3 Å². The van der Waals surface area contributed by atoms with E-state index in [9.17, 15) is 9.18 Å². The zero-order valence-corrected chi connectivity index (χ0v) is 9.68. The Morgan fingerprint density at radius 1 is 1.56 bits per heavy atom. The van der Waals surface area contributed by atoms with Crippen molar-refractivity contribution in [2.45, 2.75) is 13.5 Å². The maximum Gasteiger partial charge on any atom is 0.235 e. The van der Waals surface area contributed by atoms with E-state index in [2.05, 4.69) is 5.32 Å². The summed E-state index contributed by atoms with van der Waals surface area (Å²) < 4.78 is 18.6. The SMILES string of the molecule is CCOc1ccc(CNC(=O)CCl)c(F)c1. The molecule has 0 aliphatic rings. The highest BCUT2D eigenvalue weighted by Gasteiger charge is 2.05. The Kier molecular flexibility index (Phi) is 5.05. The Morgan fingerprint density at radius 3 is 2.88 bits per heavy atom. The van der Waals surface area contributed by atoms with Crippen LogP contribution in [0.2, 0.25) is 0 Å². The largest absolute Gasteiger partial charge is 0.494 e. The highest BCUT2D eigenvalue weighted by atomic mass is 35.5. The van der Waals surface area contributed by atoms with Gasteiger partial charge in [0, 0.05) is 18.2 Å². The summed E-state index contributed by atoms with van der Waals surface area (Å²) in [5.41, 5.74) is 0.405. The third kappa shape index (κ3) is 3.70. The Labute approximate surface area is 98.5 Å². The van der Waals surface area contributed by atoms with Crippen molar-refractivity contribution in [1.82, 2.24) is 5.32 Å². The zero-order valence-electron chi connectivity index (χ0n) is 8.93. The molecule has 0 saturated carbocycles. The number of nitrogens with one attached hydrogen (secondary N) is 1. The summed E-state index contributed by atoms with van der Waals surface area (Å²) in [7, 11) is 0. The molecule has 0 heterocycles. The van der Waals surface area contributed by atoms with Gasteiger partial charge in [0.05, 0.1) is 6.61 Å². The van der Waals surface area contributed by atoms with Crippen molar-refractivity contribution in [1.29, 1.82) is 0 Å². The van der Waals surface area contributed by atoms with Crippen LogP contribution in [0.15, 0.2) is 18.2 Å². The summed E-state index contributed by atoms with van der Waals surface area (Å²) in [6, 6.07) is 4.54. The molecule has 1 N–H and O–H groups in total. The van der Waals surface area contributed by atoms with Crippen LogP contribution in [0.1, 0.15) is 12.5 Å². The average Bonchev–Trinajstić information content (AvgIpc) is 2.28. The molecule has 0 atom stereocenters. The van der Waals surface area contributed by atoms with Gasteiger partial charge in [-0.1, -0.05) is 6.07 Å². The van der Waals surface area contributed by atoms with Gasteiger partial charge in [0.2, 0.25) is 5.91 Å². The summed E-state index contributed by atoms with van der Waals surface area (Å²) in [4.78, 5) is 10.9. The molecule has 1 rings (SSSR count). The highest BCUT2D eigenvalue weighted by Crippen LogP contribution is 2.16. The van der Waals surface area contributed by atoms with Gasteiger partial charge >= 0.3 is 0 Å². The maximum atomic E-state index is 13.5. The Bertz CT molecular complexity index is 371. The van der Waals surface area contributed by atoms with E-state index in [0.29, 0.717) is 17.9 Å². The molecule has 0 unspecified atom stereocenters. The molecule has 88 valence electrons. The number of halogens is 2. The van der Waals surface area contributed by atoms with Gasteiger partial charge in [0.25, 0.3) is 0 Å². The number of benzene rings is 1. The lowest BCUT2D eigenvalue weighted by atomic mass is 10.2. The van der Waals surface area contributed by atoms with Gasteiger partial charge in [-0.3, -0.25) is 4.79 Å². The maximum absolute atomic E-state index is 13.5. The van der Waals surface area contributed by atoms with E-state index in [1.165, 1.54) is 6.07 Å². The van der Waals surface area contributed by atoms with Crippen molar-refractivity contribution in [2.24, 2.45) is 0 Å². The smallest absolute Gasteiger partial charge is 0.235 e. The molecule has 0 radical (unpaired) electrons. The Hall–Kier alpha value is -1.29. The number of hydrogen-bond donors (Lipinski definition) is 1. The molecule has 0 saturated heterocycles. The Balaban J connectivity index is 2.64. The van der Waals surface area contributed by atoms with Gasteiger partial charge in [-0.05, 0) is 13.0 Å². The van der Waals surface area contributed by atoms with Crippen molar-refractivity contribution in [3.05, 3.63) is 29.6 Å². The van der Waals surface area contributed by atoms with Crippen LogP contribution < -0.4 is 10.1 Å². The van der Waals surface area contributed by atoms with Crippen LogP contribution >= 0.6 is 11.6 Å². The molecule has 16 heavy (non-hydrogen) atoms. The third-order valence-electron chi connectivity index (χ3n) is 1.93. The van der Waals surface area contributed by atoms with Crippen LogP contribution in [0.25, 0.3) is 0 Å². The molecule has 0 fully saturated rings. The predicted octanol–water partition coefficient (Wildman–Crippen LogP) is 2.08. The monoisotopic (exact) mass is 245 g/mol. The second kappa shape index (κ2) is 6.33. The molecule has 5 heteroatoms. The Morgan fingerprint density at radius 2 is 2.31 bits per heavy atom. The normalized spacial score (nSPS) is 9.94. The van der Waals surface area contributed by atoms with Crippen LogP contribution in [0.4, 0.5) is 4.39 Å². The third-order valence-corrected chi connectivity index (χ3v) is 2.18. The minimum atomic E-state index is -0.402. The number of carbonyl (C=O) groups is 1. The first-order chi connectivity index (χ1) is 7.67. The second-order valence-corrected chi connectivity index (χ2v) is 3.36. The van der Waals surface area contributed by atoms with E-state index >= 15 is 0 Å². The van der Waals surface area contributed by atoms with Crippen molar-refractivity contribution in [2.75, 3.05) is 12.5 Å². The summed E-state index contributed by atoms with van der Waals surface area (Å²) in [5.74, 6) is -0.373. The molecule has 1 amide bonds. The van der Waals surface area contributed by atoms with Crippen LogP contribution in [-0.2, 0) is 11.3 Å². The van der Waals surface area contributed by atoms with Gasteiger partial charge < -0.3 is 10.1 Å². The van der Waals surface area contributed by atoms with E-state index in [-0.39, 0.29) is 18.3 Å².